The molecule has 1 aliphatic carbocycles. The SMILES string of the molecule is O=C(NC1(C(=O)O)CC1)c1nn[nH]n1. The molecular weight excluding hydrogens is 190 g/mol. The topological polar surface area (TPSA) is 121 Å². The summed E-state index contributed by atoms with van der Waals surface area (Å²) in [7, 11) is 0. The van der Waals surface area contributed by atoms with Gasteiger partial charge in [0.15, 0.2) is 0 Å². The summed E-state index contributed by atoms with van der Waals surface area (Å²) in [5.41, 5.74) is -1.11. The third-order valence-electron chi connectivity index (χ3n) is 2.06. The Labute approximate surface area is 77.7 Å². The molecule has 0 aromatic carbocycles. The third kappa shape index (κ3) is 1.30. The van der Waals surface area contributed by atoms with E-state index < -0.39 is 17.4 Å². The molecule has 0 unspecified atom stereocenters. The highest BCUT2D eigenvalue weighted by molar-refractivity contribution is 5.96. The van der Waals surface area contributed by atoms with Gasteiger partial charge in [0.05, 0.1) is 0 Å². The Hall–Kier alpha value is -1.99. The van der Waals surface area contributed by atoms with Gasteiger partial charge in [-0.25, -0.2) is 4.79 Å². The van der Waals surface area contributed by atoms with E-state index in [-0.39, 0.29) is 5.82 Å². The molecule has 0 saturated heterocycles. The zero-order chi connectivity index (χ0) is 10.2. The molecule has 1 saturated carbocycles. The number of hydrogen-bond donors (Lipinski definition) is 3. The van der Waals surface area contributed by atoms with Crippen LogP contribution in [-0.2, 0) is 4.79 Å². The number of nitrogens with zero attached hydrogens (tertiary/aromatic N) is 3. The van der Waals surface area contributed by atoms with Crippen LogP contribution in [0.5, 0.6) is 0 Å². The van der Waals surface area contributed by atoms with E-state index in [4.69, 9.17) is 5.11 Å². The van der Waals surface area contributed by atoms with Crippen LogP contribution in [0.2, 0.25) is 0 Å². The standard InChI is InChI=1S/C6H7N5O3/c12-4(3-8-10-11-9-3)7-6(1-2-6)5(13)14/h1-2H2,(H,7,12)(H,13,14)(H,8,9,10,11). The Morgan fingerprint density at radius 1 is 1.50 bits per heavy atom. The summed E-state index contributed by atoms with van der Waals surface area (Å²) >= 11 is 0. The molecule has 1 amide bonds. The van der Waals surface area contributed by atoms with Gasteiger partial charge < -0.3 is 10.4 Å². The van der Waals surface area contributed by atoms with E-state index in [1.54, 1.807) is 0 Å². The minimum Gasteiger partial charge on any atom is -0.480 e. The second-order valence-electron chi connectivity index (χ2n) is 3.08. The Bertz CT molecular complexity index is 369. The maximum absolute atomic E-state index is 11.3. The number of aliphatic carboxylic acids is 1. The number of aromatic amines is 1. The van der Waals surface area contributed by atoms with E-state index in [1.807, 2.05) is 0 Å². The Morgan fingerprint density at radius 3 is 2.64 bits per heavy atom. The maximum Gasteiger partial charge on any atom is 0.329 e. The first-order valence-corrected chi connectivity index (χ1v) is 3.93. The molecule has 8 nitrogen and oxygen atoms in total. The van der Waals surface area contributed by atoms with Crippen LogP contribution in [0.4, 0.5) is 0 Å². The van der Waals surface area contributed by atoms with Gasteiger partial charge in [-0.3, -0.25) is 4.79 Å². The van der Waals surface area contributed by atoms with Gasteiger partial charge in [-0.05, 0) is 18.1 Å². The van der Waals surface area contributed by atoms with E-state index in [0.717, 1.165) is 0 Å². The number of carboxylic acid groups (broad SMARTS) is 1. The van der Waals surface area contributed by atoms with Crippen molar-refractivity contribution in [2.45, 2.75) is 18.4 Å². The van der Waals surface area contributed by atoms with Crippen molar-refractivity contribution in [1.29, 1.82) is 0 Å². The average Bonchev–Trinajstić information content (AvgIpc) is 2.74. The first-order chi connectivity index (χ1) is 6.64. The molecule has 1 aromatic rings. The lowest BCUT2D eigenvalue weighted by atomic mass is 10.3. The van der Waals surface area contributed by atoms with Crippen LogP contribution in [-0.4, -0.2) is 43.1 Å². The van der Waals surface area contributed by atoms with Crippen molar-refractivity contribution in [2.75, 3.05) is 0 Å². The van der Waals surface area contributed by atoms with Crippen molar-refractivity contribution in [2.24, 2.45) is 0 Å². The second kappa shape index (κ2) is 2.76. The van der Waals surface area contributed by atoms with E-state index in [2.05, 4.69) is 25.9 Å². The van der Waals surface area contributed by atoms with Crippen LogP contribution in [0.3, 0.4) is 0 Å². The van der Waals surface area contributed by atoms with Crippen LogP contribution in [0, 0.1) is 0 Å². The predicted molar refractivity (Wildman–Crippen MR) is 41.2 cm³/mol. The summed E-state index contributed by atoms with van der Waals surface area (Å²) in [6.45, 7) is 0. The van der Waals surface area contributed by atoms with Crippen LogP contribution in [0.15, 0.2) is 0 Å². The molecule has 0 aliphatic heterocycles. The minimum absolute atomic E-state index is 0.155. The minimum atomic E-state index is -1.11. The number of amides is 1. The zero-order valence-corrected chi connectivity index (χ0v) is 7.02. The van der Waals surface area contributed by atoms with Gasteiger partial charge in [0.25, 0.3) is 11.7 Å². The average molecular weight is 197 g/mol. The number of aromatic nitrogens is 4. The Kier molecular flexibility index (Phi) is 1.69. The smallest absolute Gasteiger partial charge is 0.329 e. The molecule has 1 fully saturated rings. The fourth-order valence-corrected chi connectivity index (χ4v) is 1.05. The molecule has 1 aromatic heterocycles. The number of nitrogens with one attached hydrogen (secondary N) is 2. The maximum atomic E-state index is 11.3. The molecule has 0 radical (unpaired) electrons. The lowest BCUT2D eigenvalue weighted by Gasteiger charge is -2.09. The summed E-state index contributed by atoms with van der Waals surface area (Å²) in [4.78, 5) is 22.0. The summed E-state index contributed by atoms with van der Waals surface area (Å²) in [5.74, 6) is -1.81. The molecule has 0 bridgehead atoms. The Balaban J connectivity index is 2.06. The normalized spacial score (nSPS) is 17.4. The van der Waals surface area contributed by atoms with Gasteiger partial charge >= 0.3 is 5.97 Å². The highest BCUT2D eigenvalue weighted by Gasteiger charge is 2.52. The van der Waals surface area contributed by atoms with Gasteiger partial charge in [0.2, 0.25) is 0 Å². The molecule has 2 rings (SSSR count). The van der Waals surface area contributed by atoms with Crippen molar-refractivity contribution in [3.8, 4) is 0 Å². The zero-order valence-electron chi connectivity index (χ0n) is 7.02. The van der Waals surface area contributed by atoms with Gasteiger partial charge in [-0.2, -0.15) is 5.21 Å². The number of carbonyl (C=O) groups excluding carboxylic acids is 1. The van der Waals surface area contributed by atoms with Crippen molar-refractivity contribution in [1.82, 2.24) is 25.9 Å². The number of carbonyl (C=O) groups is 2. The number of carboxylic acids is 1. The van der Waals surface area contributed by atoms with E-state index in [1.165, 1.54) is 0 Å². The van der Waals surface area contributed by atoms with Gasteiger partial charge in [-0.1, -0.05) is 0 Å². The van der Waals surface area contributed by atoms with Crippen molar-refractivity contribution < 1.29 is 14.7 Å². The van der Waals surface area contributed by atoms with Crippen molar-refractivity contribution in [3.63, 3.8) is 0 Å². The predicted octanol–water partition coefficient (Wildman–Crippen LogP) is -1.45. The molecule has 0 spiro atoms. The van der Waals surface area contributed by atoms with E-state index in [9.17, 15) is 9.59 Å². The molecule has 74 valence electrons. The van der Waals surface area contributed by atoms with Crippen LogP contribution >= 0.6 is 0 Å². The highest BCUT2D eigenvalue weighted by atomic mass is 16.4. The third-order valence-corrected chi connectivity index (χ3v) is 2.06. The molecule has 3 N–H and O–H groups in total. The van der Waals surface area contributed by atoms with Crippen molar-refractivity contribution >= 4 is 11.9 Å². The van der Waals surface area contributed by atoms with Crippen LogP contribution in [0.1, 0.15) is 23.5 Å². The fraction of sp³-hybridized carbons (Fsp3) is 0.500. The Morgan fingerprint density at radius 2 is 2.21 bits per heavy atom. The van der Waals surface area contributed by atoms with Crippen LogP contribution < -0.4 is 5.32 Å². The molecule has 1 heterocycles. The summed E-state index contributed by atoms with van der Waals surface area (Å²) < 4.78 is 0. The first-order valence-electron chi connectivity index (χ1n) is 3.93. The van der Waals surface area contributed by atoms with Gasteiger partial charge in [0.1, 0.15) is 5.54 Å². The molecular formula is C6H7N5O3. The lowest BCUT2D eigenvalue weighted by molar-refractivity contribution is -0.140. The monoisotopic (exact) mass is 197 g/mol. The summed E-state index contributed by atoms with van der Waals surface area (Å²) in [6, 6.07) is 0. The number of rotatable bonds is 3. The molecule has 14 heavy (non-hydrogen) atoms. The van der Waals surface area contributed by atoms with E-state index >= 15 is 0 Å². The fourth-order valence-electron chi connectivity index (χ4n) is 1.05. The van der Waals surface area contributed by atoms with Crippen molar-refractivity contribution in [3.05, 3.63) is 5.82 Å². The second-order valence-corrected chi connectivity index (χ2v) is 3.08. The van der Waals surface area contributed by atoms with Gasteiger partial charge in [0, 0.05) is 0 Å². The first kappa shape index (κ1) is 8.60. The molecule has 8 heteroatoms. The number of hydrogen-bond acceptors (Lipinski definition) is 5. The molecule has 1 aliphatic rings. The lowest BCUT2D eigenvalue weighted by Crippen LogP contribution is -2.43. The quantitative estimate of drug-likeness (QED) is 0.544. The summed E-state index contributed by atoms with van der Waals surface area (Å²) in [5, 5.41) is 23.3. The molecule has 0 atom stereocenters. The van der Waals surface area contributed by atoms with Gasteiger partial charge in [-0.15, -0.1) is 10.2 Å². The largest absolute Gasteiger partial charge is 0.480 e. The van der Waals surface area contributed by atoms with E-state index in [0.29, 0.717) is 12.8 Å². The number of H-pyrrole nitrogens is 1. The summed E-state index contributed by atoms with van der Waals surface area (Å²) in [6.07, 6.45) is 0.873. The highest BCUT2D eigenvalue weighted by Crippen LogP contribution is 2.35. The number of tetrazole rings is 1. The van der Waals surface area contributed by atoms with Crippen LogP contribution in [0.25, 0.3) is 0 Å².